The highest BCUT2D eigenvalue weighted by atomic mass is 79.9. The Labute approximate surface area is 121 Å². The van der Waals surface area contributed by atoms with Gasteiger partial charge in [-0.2, -0.15) is 0 Å². The summed E-state index contributed by atoms with van der Waals surface area (Å²) >= 11 is 3.28. The molecule has 0 aliphatic rings. The number of aliphatic carboxylic acids is 1. The zero-order valence-corrected chi connectivity index (χ0v) is 12.9. The van der Waals surface area contributed by atoms with Crippen LogP contribution in [0.5, 0.6) is 0 Å². The summed E-state index contributed by atoms with van der Waals surface area (Å²) in [5.41, 5.74) is 0.969. The van der Waals surface area contributed by atoms with E-state index in [0.717, 1.165) is 5.56 Å². The lowest BCUT2D eigenvalue weighted by Crippen LogP contribution is -2.36. The molecule has 1 aromatic rings. The fourth-order valence-corrected chi connectivity index (χ4v) is 3.22. The zero-order chi connectivity index (χ0) is 14.5. The molecular formula is C12H16BrNO4S. The van der Waals surface area contributed by atoms with Gasteiger partial charge in [0.1, 0.15) is 0 Å². The van der Waals surface area contributed by atoms with Gasteiger partial charge in [0.25, 0.3) is 0 Å². The van der Waals surface area contributed by atoms with Crippen LogP contribution in [0.4, 0.5) is 0 Å². The standard InChI is InChI=1S/C12H16BrNO4S/c1-2-10(7-12(15)16)14-19(17,18)11-5-3-9(8-13)4-6-11/h3-6,10,14H,2,7-8H2,1H3,(H,15,16). The SMILES string of the molecule is CCC(CC(=O)O)NS(=O)(=O)c1ccc(CBr)cc1. The van der Waals surface area contributed by atoms with Gasteiger partial charge < -0.3 is 5.11 Å². The molecular weight excluding hydrogens is 334 g/mol. The molecule has 19 heavy (non-hydrogen) atoms. The average Bonchev–Trinajstić information content (AvgIpc) is 2.37. The molecule has 1 atom stereocenters. The number of benzene rings is 1. The van der Waals surface area contributed by atoms with Crippen LogP contribution in [0.15, 0.2) is 29.2 Å². The van der Waals surface area contributed by atoms with Crippen molar-refractivity contribution >= 4 is 31.9 Å². The molecule has 106 valence electrons. The van der Waals surface area contributed by atoms with Crippen LogP contribution < -0.4 is 4.72 Å². The highest BCUT2D eigenvalue weighted by molar-refractivity contribution is 9.08. The van der Waals surface area contributed by atoms with Gasteiger partial charge in [-0.15, -0.1) is 0 Å². The van der Waals surface area contributed by atoms with Crippen LogP contribution in [0.3, 0.4) is 0 Å². The van der Waals surface area contributed by atoms with Crippen molar-refractivity contribution in [3.05, 3.63) is 29.8 Å². The van der Waals surface area contributed by atoms with Crippen molar-refractivity contribution in [2.24, 2.45) is 0 Å². The van der Waals surface area contributed by atoms with Gasteiger partial charge >= 0.3 is 5.97 Å². The Hall–Kier alpha value is -0.920. The summed E-state index contributed by atoms with van der Waals surface area (Å²) in [5, 5.41) is 9.36. The van der Waals surface area contributed by atoms with Crippen molar-refractivity contribution in [3.63, 3.8) is 0 Å². The molecule has 0 bridgehead atoms. The van der Waals surface area contributed by atoms with E-state index in [9.17, 15) is 13.2 Å². The van der Waals surface area contributed by atoms with E-state index >= 15 is 0 Å². The molecule has 0 aliphatic heterocycles. The number of sulfonamides is 1. The first-order valence-corrected chi connectivity index (χ1v) is 8.38. The number of halogens is 1. The van der Waals surface area contributed by atoms with E-state index in [0.29, 0.717) is 11.8 Å². The predicted octanol–water partition coefficient (Wildman–Crippen LogP) is 2.11. The summed E-state index contributed by atoms with van der Waals surface area (Å²) in [4.78, 5) is 10.8. The third-order valence-electron chi connectivity index (χ3n) is 2.62. The smallest absolute Gasteiger partial charge is 0.304 e. The van der Waals surface area contributed by atoms with E-state index in [1.165, 1.54) is 12.1 Å². The molecule has 1 rings (SSSR count). The summed E-state index contributed by atoms with van der Waals surface area (Å²) in [5.74, 6) is -1.02. The molecule has 0 spiro atoms. The Morgan fingerprint density at radius 1 is 1.37 bits per heavy atom. The topological polar surface area (TPSA) is 83.5 Å². The van der Waals surface area contributed by atoms with E-state index in [-0.39, 0.29) is 11.3 Å². The van der Waals surface area contributed by atoms with Crippen molar-refractivity contribution in [3.8, 4) is 0 Å². The number of hydrogen-bond acceptors (Lipinski definition) is 3. The second-order valence-electron chi connectivity index (χ2n) is 4.10. The number of hydrogen-bond donors (Lipinski definition) is 2. The van der Waals surface area contributed by atoms with E-state index in [2.05, 4.69) is 20.7 Å². The van der Waals surface area contributed by atoms with E-state index in [4.69, 9.17) is 5.11 Å². The molecule has 0 amide bonds. The van der Waals surface area contributed by atoms with Crippen molar-refractivity contribution in [1.82, 2.24) is 4.72 Å². The number of rotatable bonds is 7. The highest BCUT2D eigenvalue weighted by Crippen LogP contribution is 2.14. The lowest BCUT2D eigenvalue weighted by atomic mass is 10.2. The predicted molar refractivity (Wildman–Crippen MR) is 75.7 cm³/mol. The third-order valence-corrected chi connectivity index (χ3v) is 4.81. The average molecular weight is 350 g/mol. The molecule has 1 unspecified atom stereocenters. The lowest BCUT2D eigenvalue weighted by molar-refractivity contribution is -0.137. The third kappa shape index (κ3) is 4.93. The van der Waals surface area contributed by atoms with Crippen molar-refractivity contribution < 1.29 is 18.3 Å². The van der Waals surface area contributed by atoms with Crippen LogP contribution in [0, 0.1) is 0 Å². The van der Waals surface area contributed by atoms with Gasteiger partial charge in [0.15, 0.2) is 0 Å². The maximum Gasteiger partial charge on any atom is 0.304 e. The van der Waals surface area contributed by atoms with Crippen LogP contribution in [-0.4, -0.2) is 25.5 Å². The van der Waals surface area contributed by atoms with Crippen LogP contribution in [-0.2, 0) is 20.1 Å². The molecule has 0 fully saturated rings. The number of carboxylic acids is 1. The minimum Gasteiger partial charge on any atom is -0.481 e. The monoisotopic (exact) mass is 349 g/mol. The van der Waals surface area contributed by atoms with E-state index < -0.39 is 22.0 Å². The Morgan fingerprint density at radius 2 is 1.95 bits per heavy atom. The molecule has 0 heterocycles. The molecule has 0 radical (unpaired) electrons. The molecule has 0 saturated carbocycles. The molecule has 0 aromatic heterocycles. The minimum atomic E-state index is -3.67. The largest absolute Gasteiger partial charge is 0.481 e. The van der Waals surface area contributed by atoms with Gasteiger partial charge in [-0.1, -0.05) is 35.0 Å². The van der Waals surface area contributed by atoms with E-state index in [1.54, 1.807) is 19.1 Å². The van der Waals surface area contributed by atoms with Crippen molar-refractivity contribution in [1.29, 1.82) is 0 Å². The molecule has 1 aromatic carbocycles. The van der Waals surface area contributed by atoms with Crippen LogP contribution >= 0.6 is 15.9 Å². The Balaban J connectivity index is 2.86. The number of carbonyl (C=O) groups is 1. The van der Waals surface area contributed by atoms with Gasteiger partial charge in [0, 0.05) is 11.4 Å². The highest BCUT2D eigenvalue weighted by Gasteiger charge is 2.20. The van der Waals surface area contributed by atoms with Crippen LogP contribution in [0.1, 0.15) is 25.3 Å². The van der Waals surface area contributed by atoms with Gasteiger partial charge in [-0.3, -0.25) is 4.79 Å². The zero-order valence-electron chi connectivity index (χ0n) is 10.5. The van der Waals surface area contributed by atoms with Gasteiger partial charge in [-0.05, 0) is 24.1 Å². The second kappa shape index (κ2) is 7.02. The van der Waals surface area contributed by atoms with Crippen LogP contribution in [0.25, 0.3) is 0 Å². The van der Waals surface area contributed by atoms with Crippen LogP contribution in [0.2, 0.25) is 0 Å². The minimum absolute atomic E-state index is 0.140. The molecule has 5 nitrogen and oxygen atoms in total. The second-order valence-corrected chi connectivity index (χ2v) is 6.38. The molecule has 0 aliphatic carbocycles. The molecule has 7 heteroatoms. The first-order chi connectivity index (χ1) is 8.89. The summed E-state index contributed by atoms with van der Waals surface area (Å²) < 4.78 is 26.5. The summed E-state index contributed by atoms with van der Waals surface area (Å²) in [6.07, 6.45) is 0.195. The van der Waals surface area contributed by atoms with Crippen molar-refractivity contribution in [2.45, 2.75) is 36.0 Å². The van der Waals surface area contributed by atoms with Gasteiger partial charge in [0.2, 0.25) is 10.0 Å². The van der Waals surface area contributed by atoms with Gasteiger partial charge in [-0.25, -0.2) is 13.1 Å². The number of nitrogens with one attached hydrogen (secondary N) is 1. The Kier molecular flexibility index (Phi) is 5.96. The van der Waals surface area contributed by atoms with Crippen molar-refractivity contribution in [2.75, 3.05) is 0 Å². The summed E-state index contributed by atoms with van der Waals surface area (Å²) in [6, 6.07) is 5.83. The molecule has 2 N–H and O–H groups in total. The normalized spacial score (nSPS) is 13.2. The Bertz CT molecular complexity index is 527. The maximum atomic E-state index is 12.1. The first kappa shape index (κ1) is 16.1. The lowest BCUT2D eigenvalue weighted by Gasteiger charge is -2.15. The number of alkyl halides is 1. The quantitative estimate of drug-likeness (QED) is 0.738. The van der Waals surface area contributed by atoms with E-state index in [1.807, 2.05) is 0 Å². The van der Waals surface area contributed by atoms with Gasteiger partial charge in [0.05, 0.1) is 11.3 Å². The maximum absolute atomic E-state index is 12.1. The summed E-state index contributed by atoms with van der Waals surface area (Å²) in [7, 11) is -3.67. The fraction of sp³-hybridized carbons (Fsp3) is 0.417. The molecule has 0 saturated heterocycles. The first-order valence-electron chi connectivity index (χ1n) is 5.78. The summed E-state index contributed by atoms with van der Waals surface area (Å²) in [6.45, 7) is 1.74. The fourth-order valence-electron chi connectivity index (χ4n) is 1.53. The number of carboxylic acid groups (broad SMARTS) is 1. The Morgan fingerprint density at radius 3 is 2.37 bits per heavy atom.